The number of carbonyl (C=O) groups excluding carboxylic acids is 1. The minimum Gasteiger partial charge on any atom is -0.381 e. The fraction of sp³-hybridized carbons (Fsp3) is 0.400. The van der Waals surface area contributed by atoms with Crippen LogP contribution in [-0.2, 0) is 4.74 Å². The van der Waals surface area contributed by atoms with Crippen LogP contribution < -0.4 is 0 Å². The van der Waals surface area contributed by atoms with Crippen LogP contribution in [0.5, 0.6) is 0 Å². The third-order valence-electron chi connectivity index (χ3n) is 3.72. The second-order valence-electron chi connectivity index (χ2n) is 4.96. The van der Waals surface area contributed by atoms with Crippen molar-refractivity contribution in [3.8, 4) is 0 Å². The molecule has 2 nitrogen and oxygen atoms in total. The van der Waals surface area contributed by atoms with Crippen molar-refractivity contribution in [3.63, 3.8) is 0 Å². The molecule has 1 saturated heterocycles. The molecule has 2 unspecified atom stereocenters. The first-order valence-corrected chi connectivity index (χ1v) is 7.23. The molecule has 1 aromatic carbocycles. The van der Waals surface area contributed by atoms with Gasteiger partial charge >= 0.3 is 0 Å². The minimum absolute atomic E-state index is 0.122. The summed E-state index contributed by atoms with van der Waals surface area (Å²) in [7, 11) is 0. The van der Waals surface area contributed by atoms with Gasteiger partial charge in [0.2, 0.25) is 0 Å². The molecule has 0 amide bonds. The van der Waals surface area contributed by atoms with Crippen molar-refractivity contribution >= 4 is 27.2 Å². The average Bonchev–Trinajstić information content (AvgIpc) is 2.82. The first-order valence-electron chi connectivity index (χ1n) is 6.35. The number of hydrogen-bond donors (Lipinski definition) is 0. The van der Waals surface area contributed by atoms with Gasteiger partial charge in [-0.1, -0.05) is 25.1 Å². The summed E-state index contributed by atoms with van der Waals surface area (Å²) in [6.45, 7) is 3.53. The molecule has 0 radical (unpaired) electrons. The van der Waals surface area contributed by atoms with E-state index in [9.17, 15) is 4.79 Å². The van der Waals surface area contributed by atoms with Gasteiger partial charge in [0.1, 0.15) is 0 Å². The molecule has 94 valence electrons. The second-order valence-corrected chi connectivity index (χ2v) is 5.87. The predicted molar refractivity (Wildman–Crippen MR) is 74.2 cm³/mol. The maximum atomic E-state index is 12.6. The summed E-state index contributed by atoms with van der Waals surface area (Å²) in [6.07, 6.45) is 0.851. The maximum Gasteiger partial charge on any atom is 0.167 e. The lowest BCUT2D eigenvalue weighted by molar-refractivity contribution is 0.0242. The largest absolute Gasteiger partial charge is 0.381 e. The third-order valence-corrected chi connectivity index (χ3v) is 4.69. The zero-order chi connectivity index (χ0) is 12.5. The Morgan fingerprint density at radius 1 is 1.39 bits per heavy atom. The second kappa shape index (κ2) is 4.82. The predicted octanol–water partition coefficient (Wildman–Crippen LogP) is 3.76. The van der Waals surface area contributed by atoms with Crippen LogP contribution in [0.2, 0.25) is 0 Å². The van der Waals surface area contributed by atoms with Crippen molar-refractivity contribution in [1.82, 2.24) is 0 Å². The van der Waals surface area contributed by atoms with Crippen molar-refractivity contribution in [2.45, 2.75) is 13.3 Å². The number of rotatable bonds is 2. The number of Topliss-reactive ketones (excluding diaryl/α,β-unsaturated/α-hetero) is 1. The highest BCUT2D eigenvalue weighted by atomic mass is 32.1. The Morgan fingerprint density at radius 2 is 2.22 bits per heavy atom. The molecule has 0 spiro atoms. The van der Waals surface area contributed by atoms with Crippen LogP contribution in [0.25, 0.3) is 10.1 Å². The van der Waals surface area contributed by atoms with Gasteiger partial charge in [0.25, 0.3) is 0 Å². The Labute approximate surface area is 111 Å². The van der Waals surface area contributed by atoms with E-state index in [1.165, 1.54) is 4.70 Å². The fourth-order valence-electron chi connectivity index (χ4n) is 2.64. The highest BCUT2D eigenvalue weighted by Crippen LogP contribution is 2.31. The van der Waals surface area contributed by atoms with Crippen molar-refractivity contribution < 1.29 is 9.53 Å². The number of benzene rings is 1. The average molecular weight is 260 g/mol. The van der Waals surface area contributed by atoms with Crippen LogP contribution in [0.15, 0.2) is 29.6 Å². The first kappa shape index (κ1) is 11.9. The molecule has 1 fully saturated rings. The van der Waals surface area contributed by atoms with Gasteiger partial charge in [-0.25, -0.2) is 0 Å². The van der Waals surface area contributed by atoms with Crippen molar-refractivity contribution in [2.75, 3.05) is 13.2 Å². The van der Waals surface area contributed by atoms with Crippen LogP contribution in [-0.4, -0.2) is 19.0 Å². The molecule has 2 atom stereocenters. The summed E-state index contributed by atoms with van der Waals surface area (Å²) in [4.78, 5) is 12.6. The molecule has 0 saturated carbocycles. The molecule has 0 aliphatic carbocycles. The van der Waals surface area contributed by atoms with Gasteiger partial charge in [0.05, 0.1) is 0 Å². The lowest BCUT2D eigenvalue weighted by Gasteiger charge is -2.27. The van der Waals surface area contributed by atoms with Crippen molar-refractivity contribution in [3.05, 3.63) is 35.2 Å². The highest BCUT2D eigenvalue weighted by molar-refractivity contribution is 7.17. The zero-order valence-corrected chi connectivity index (χ0v) is 11.2. The van der Waals surface area contributed by atoms with Gasteiger partial charge in [-0.15, -0.1) is 11.3 Å². The number of hydrogen-bond acceptors (Lipinski definition) is 3. The lowest BCUT2D eigenvalue weighted by Crippen LogP contribution is -2.31. The Morgan fingerprint density at radius 3 is 3.06 bits per heavy atom. The summed E-state index contributed by atoms with van der Waals surface area (Å²) in [5.74, 6) is 0.741. The third kappa shape index (κ3) is 1.98. The van der Waals surface area contributed by atoms with E-state index in [0.717, 1.165) is 17.4 Å². The normalized spacial score (nSPS) is 24.3. The number of carbonyl (C=O) groups is 1. The van der Waals surface area contributed by atoms with E-state index in [-0.39, 0.29) is 5.92 Å². The minimum atomic E-state index is 0.122. The van der Waals surface area contributed by atoms with Crippen LogP contribution >= 0.6 is 11.3 Å². The fourth-order valence-corrected chi connectivity index (χ4v) is 3.59. The smallest absolute Gasteiger partial charge is 0.167 e. The first-order chi connectivity index (χ1) is 8.77. The standard InChI is InChI=1S/C15H16O2S/c1-10-8-17-7-6-11(10)15(16)13-9-18-14-5-3-2-4-12(13)14/h2-5,9-11H,6-8H2,1H3. The van der Waals surface area contributed by atoms with Gasteiger partial charge in [0, 0.05) is 40.2 Å². The Bertz CT molecular complexity index is 573. The zero-order valence-electron chi connectivity index (χ0n) is 10.4. The SMILES string of the molecule is CC1COCCC1C(=O)c1csc2ccccc12. The van der Waals surface area contributed by atoms with E-state index in [4.69, 9.17) is 4.74 Å². The van der Waals surface area contributed by atoms with Gasteiger partial charge in [-0.05, 0) is 18.4 Å². The summed E-state index contributed by atoms with van der Waals surface area (Å²) in [5, 5.41) is 3.11. The summed E-state index contributed by atoms with van der Waals surface area (Å²) < 4.78 is 6.61. The molecule has 2 heterocycles. The maximum absolute atomic E-state index is 12.6. The van der Waals surface area contributed by atoms with Crippen LogP contribution in [0.1, 0.15) is 23.7 Å². The molecule has 18 heavy (non-hydrogen) atoms. The topological polar surface area (TPSA) is 26.3 Å². The summed E-state index contributed by atoms with van der Waals surface area (Å²) in [6, 6.07) is 8.14. The molecule has 1 aliphatic rings. The van der Waals surface area contributed by atoms with Crippen molar-refractivity contribution in [1.29, 1.82) is 0 Å². The molecular formula is C15H16O2S. The van der Waals surface area contributed by atoms with E-state index in [1.54, 1.807) is 11.3 Å². The number of ketones is 1. The monoisotopic (exact) mass is 260 g/mol. The molecule has 3 heteroatoms. The van der Waals surface area contributed by atoms with Gasteiger partial charge in [-0.2, -0.15) is 0 Å². The van der Waals surface area contributed by atoms with Gasteiger partial charge in [-0.3, -0.25) is 4.79 Å². The molecule has 1 aliphatic heterocycles. The summed E-state index contributed by atoms with van der Waals surface area (Å²) >= 11 is 1.66. The van der Waals surface area contributed by atoms with E-state index < -0.39 is 0 Å². The number of thiophene rings is 1. The van der Waals surface area contributed by atoms with Crippen LogP contribution in [0.4, 0.5) is 0 Å². The van der Waals surface area contributed by atoms with E-state index in [0.29, 0.717) is 24.9 Å². The lowest BCUT2D eigenvalue weighted by atomic mass is 9.83. The number of ether oxygens (including phenoxy) is 1. The Kier molecular flexibility index (Phi) is 3.18. The van der Waals surface area contributed by atoms with Gasteiger partial charge in [0.15, 0.2) is 5.78 Å². The van der Waals surface area contributed by atoms with Crippen molar-refractivity contribution in [2.24, 2.45) is 11.8 Å². The molecule has 0 bridgehead atoms. The molecule has 2 aromatic rings. The van der Waals surface area contributed by atoms with E-state index in [2.05, 4.69) is 13.0 Å². The molecule has 0 N–H and O–H groups in total. The quantitative estimate of drug-likeness (QED) is 0.769. The molecule has 3 rings (SSSR count). The number of fused-ring (bicyclic) bond motifs is 1. The highest BCUT2D eigenvalue weighted by Gasteiger charge is 2.30. The van der Waals surface area contributed by atoms with Crippen LogP contribution in [0, 0.1) is 11.8 Å². The van der Waals surface area contributed by atoms with E-state index >= 15 is 0 Å². The Balaban J connectivity index is 1.96. The van der Waals surface area contributed by atoms with Gasteiger partial charge < -0.3 is 4.74 Å². The Hall–Kier alpha value is -1.19. The molecular weight excluding hydrogens is 244 g/mol. The van der Waals surface area contributed by atoms with E-state index in [1.807, 2.05) is 23.6 Å². The summed E-state index contributed by atoms with van der Waals surface area (Å²) in [5.41, 5.74) is 0.898. The molecule has 1 aromatic heterocycles. The van der Waals surface area contributed by atoms with Crippen LogP contribution in [0.3, 0.4) is 0 Å².